The maximum absolute atomic E-state index is 13.1. The molecule has 0 aliphatic rings. The Balaban J connectivity index is 2.83. The molecular weight excluding hydrogens is 440 g/mol. The van der Waals surface area contributed by atoms with E-state index in [0.29, 0.717) is 12.1 Å². The van der Waals surface area contributed by atoms with Crippen molar-refractivity contribution < 1.29 is 49.8 Å². The molecule has 14 heteroatoms. The van der Waals surface area contributed by atoms with Crippen molar-refractivity contribution >= 4 is 33.6 Å². The summed E-state index contributed by atoms with van der Waals surface area (Å²) in [5.41, 5.74) is -2.46. The minimum atomic E-state index is -5.03. The van der Waals surface area contributed by atoms with E-state index in [9.17, 15) is 40.4 Å². The van der Waals surface area contributed by atoms with E-state index < -0.39 is 75.7 Å². The van der Waals surface area contributed by atoms with Crippen LogP contribution in [0.25, 0.3) is 0 Å². The highest BCUT2D eigenvalue weighted by Crippen LogP contribution is 2.35. The number of sulfonamides is 1. The quantitative estimate of drug-likeness (QED) is 0.420. The lowest BCUT2D eigenvalue weighted by Gasteiger charge is -2.16. The Morgan fingerprint density at radius 1 is 1.13 bits per heavy atom. The van der Waals surface area contributed by atoms with E-state index in [2.05, 4.69) is 14.8 Å². The highest BCUT2D eigenvalue weighted by molar-refractivity contribution is 7.92. The van der Waals surface area contributed by atoms with Crippen molar-refractivity contribution in [2.24, 2.45) is 0 Å². The fourth-order valence-corrected chi connectivity index (χ4v) is 3.21. The van der Waals surface area contributed by atoms with Crippen molar-refractivity contribution in [3.63, 3.8) is 0 Å². The van der Waals surface area contributed by atoms with Gasteiger partial charge in [-0.25, -0.2) is 17.6 Å². The van der Waals surface area contributed by atoms with Crippen LogP contribution in [0.4, 0.5) is 23.2 Å². The zero-order chi connectivity index (χ0) is 23.1. The summed E-state index contributed by atoms with van der Waals surface area (Å²) in [6.07, 6.45) is -6.37. The second-order valence-corrected chi connectivity index (χ2v) is 7.62. The third kappa shape index (κ3) is 7.85. The lowest BCUT2D eigenvalue weighted by Crippen LogP contribution is -2.43. The van der Waals surface area contributed by atoms with Crippen LogP contribution in [0.5, 0.6) is 0 Å². The molecule has 0 aromatic heterocycles. The Morgan fingerprint density at radius 3 is 2.30 bits per heavy atom. The smallest absolute Gasteiger partial charge is 0.418 e. The Bertz CT molecular complexity index is 903. The molecule has 0 spiro atoms. The second-order valence-electron chi connectivity index (χ2n) is 5.78. The number of benzene rings is 1. The number of rotatable bonds is 9. The van der Waals surface area contributed by atoms with Crippen molar-refractivity contribution in [2.45, 2.75) is 25.1 Å². The molecule has 1 amide bonds. The number of esters is 2. The molecule has 30 heavy (non-hydrogen) atoms. The van der Waals surface area contributed by atoms with Crippen LogP contribution in [0.3, 0.4) is 0 Å². The van der Waals surface area contributed by atoms with Gasteiger partial charge in [0, 0.05) is 6.42 Å². The van der Waals surface area contributed by atoms with Gasteiger partial charge >= 0.3 is 18.1 Å². The number of ether oxygens (including phenoxy) is 2. The number of amides is 1. The predicted molar refractivity (Wildman–Crippen MR) is 94.0 cm³/mol. The lowest BCUT2D eigenvalue weighted by molar-refractivity contribution is -0.150. The largest absolute Gasteiger partial charge is 0.469 e. The molecule has 2 N–H and O–H groups in total. The van der Waals surface area contributed by atoms with Crippen LogP contribution in [0, 0.1) is 5.82 Å². The number of methoxy groups -OCH3 is 2. The van der Waals surface area contributed by atoms with Crippen molar-refractivity contribution in [3.05, 3.63) is 29.6 Å². The summed E-state index contributed by atoms with van der Waals surface area (Å²) in [7, 11) is -2.42. The number of alkyl halides is 3. The molecule has 0 radical (unpaired) electrons. The van der Waals surface area contributed by atoms with Gasteiger partial charge in [-0.3, -0.25) is 14.3 Å². The van der Waals surface area contributed by atoms with Crippen LogP contribution in [-0.2, 0) is 40.1 Å². The first-order valence-corrected chi connectivity index (χ1v) is 9.75. The molecule has 0 saturated heterocycles. The molecule has 0 saturated carbocycles. The molecule has 1 atom stereocenters. The molecule has 0 aliphatic heterocycles. The van der Waals surface area contributed by atoms with Gasteiger partial charge in [-0.2, -0.15) is 13.2 Å². The maximum atomic E-state index is 13.1. The van der Waals surface area contributed by atoms with Crippen molar-refractivity contribution in [1.82, 2.24) is 5.32 Å². The first kappa shape index (κ1) is 25.1. The summed E-state index contributed by atoms with van der Waals surface area (Å²) in [6.45, 7) is 0. The number of nitrogens with one attached hydrogen (secondary N) is 2. The van der Waals surface area contributed by atoms with E-state index >= 15 is 0 Å². The molecule has 168 valence electrons. The Labute approximate surface area is 168 Å². The van der Waals surface area contributed by atoms with E-state index in [1.165, 1.54) is 0 Å². The van der Waals surface area contributed by atoms with Crippen molar-refractivity contribution in [1.29, 1.82) is 0 Å². The van der Waals surface area contributed by atoms with Gasteiger partial charge in [0.05, 0.1) is 37.6 Å². The van der Waals surface area contributed by atoms with Gasteiger partial charge in [-0.05, 0) is 18.2 Å². The summed E-state index contributed by atoms with van der Waals surface area (Å²) < 4.78 is 86.5. The molecule has 1 unspecified atom stereocenters. The van der Waals surface area contributed by atoms with E-state index in [1.54, 1.807) is 4.72 Å². The number of halogens is 4. The maximum Gasteiger partial charge on any atom is 0.418 e. The van der Waals surface area contributed by atoms with Crippen LogP contribution >= 0.6 is 0 Å². The lowest BCUT2D eigenvalue weighted by atomic mass is 10.2. The molecule has 9 nitrogen and oxygen atoms in total. The molecule has 0 heterocycles. The molecule has 0 fully saturated rings. The van der Waals surface area contributed by atoms with Crippen molar-refractivity contribution in [3.8, 4) is 0 Å². The zero-order valence-corrected chi connectivity index (χ0v) is 16.5. The number of anilines is 1. The average molecular weight is 458 g/mol. The molecular formula is C16H18F4N2O7S. The summed E-state index contributed by atoms with van der Waals surface area (Å²) in [5.74, 6) is -5.01. The Kier molecular flexibility index (Phi) is 8.57. The van der Waals surface area contributed by atoms with Crippen LogP contribution in [0.2, 0.25) is 0 Å². The fourth-order valence-electron chi connectivity index (χ4n) is 2.14. The summed E-state index contributed by atoms with van der Waals surface area (Å²) >= 11 is 0. The van der Waals surface area contributed by atoms with Crippen LogP contribution < -0.4 is 10.0 Å². The van der Waals surface area contributed by atoms with Crippen molar-refractivity contribution in [2.75, 3.05) is 24.7 Å². The summed E-state index contributed by atoms with van der Waals surface area (Å²) in [4.78, 5) is 34.8. The third-order valence-corrected chi connectivity index (χ3v) is 4.84. The van der Waals surface area contributed by atoms with E-state index in [-0.39, 0.29) is 6.07 Å². The normalized spacial score (nSPS) is 12.6. The topological polar surface area (TPSA) is 128 Å². The van der Waals surface area contributed by atoms with Crippen LogP contribution in [0.15, 0.2) is 18.2 Å². The third-order valence-electron chi connectivity index (χ3n) is 3.57. The number of carbonyl (C=O) groups is 3. The molecule has 1 aromatic carbocycles. The van der Waals surface area contributed by atoms with Gasteiger partial charge < -0.3 is 14.8 Å². The van der Waals surface area contributed by atoms with Gasteiger partial charge in [0.1, 0.15) is 11.9 Å². The summed E-state index contributed by atoms with van der Waals surface area (Å²) in [6, 6.07) is -0.0924. The molecule has 1 rings (SSSR count). The first-order chi connectivity index (χ1) is 13.8. The highest BCUT2D eigenvalue weighted by Gasteiger charge is 2.35. The number of hydrogen-bond acceptors (Lipinski definition) is 7. The molecule has 0 bridgehead atoms. The second kappa shape index (κ2) is 10.2. The number of carbonyl (C=O) groups excluding carboxylic acids is 3. The SMILES string of the molecule is COC(=O)CC(NC(=O)CCS(=O)(=O)Nc1ccc(F)cc1C(F)(F)F)C(=O)OC. The van der Waals surface area contributed by atoms with E-state index in [1.807, 2.05) is 0 Å². The first-order valence-electron chi connectivity index (χ1n) is 8.10. The van der Waals surface area contributed by atoms with E-state index in [4.69, 9.17) is 0 Å². The predicted octanol–water partition coefficient (Wildman–Crippen LogP) is 1.20. The van der Waals surface area contributed by atoms with Gasteiger partial charge in [-0.1, -0.05) is 0 Å². The highest BCUT2D eigenvalue weighted by atomic mass is 32.2. The Morgan fingerprint density at radius 2 is 1.77 bits per heavy atom. The molecule has 1 aromatic rings. The summed E-state index contributed by atoms with van der Waals surface area (Å²) in [5, 5.41) is 2.08. The van der Waals surface area contributed by atoms with Gasteiger partial charge in [0.15, 0.2) is 0 Å². The van der Waals surface area contributed by atoms with E-state index in [0.717, 1.165) is 14.2 Å². The zero-order valence-electron chi connectivity index (χ0n) is 15.7. The Hall–Kier alpha value is -2.90. The van der Waals surface area contributed by atoms with Gasteiger partial charge in [0.2, 0.25) is 15.9 Å². The average Bonchev–Trinajstić information content (AvgIpc) is 2.65. The minimum absolute atomic E-state index is 0.123. The van der Waals surface area contributed by atoms with Crippen LogP contribution in [0.1, 0.15) is 18.4 Å². The number of hydrogen-bond donors (Lipinski definition) is 2. The standard InChI is InChI=1S/C16H18F4N2O7S/c1-28-14(24)8-12(15(25)29-2)21-13(23)5-6-30(26,27)22-11-4-3-9(17)7-10(11)16(18,19)20/h3-4,7,12,22H,5-6,8H2,1-2H3,(H,21,23). The molecule has 0 aliphatic carbocycles. The monoisotopic (exact) mass is 458 g/mol. The van der Waals surface area contributed by atoms with Gasteiger partial charge in [0.25, 0.3) is 0 Å². The van der Waals surface area contributed by atoms with Gasteiger partial charge in [-0.15, -0.1) is 0 Å². The fraction of sp³-hybridized carbons (Fsp3) is 0.438. The minimum Gasteiger partial charge on any atom is -0.469 e. The van der Waals surface area contributed by atoms with Crippen LogP contribution in [-0.4, -0.2) is 52.3 Å².